The van der Waals surface area contributed by atoms with Crippen molar-refractivity contribution in [2.45, 2.75) is 19.9 Å². The highest BCUT2D eigenvalue weighted by Crippen LogP contribution is 2.08. The molecule has 2 rings (SSSR count). The van der Waals surface area contributed by atoms with Gasteiger partial charge in [-0.3, -0.25) is 9.89 Å². The number of H-pyrrole nitrogens is 1. The molecule has 3 N–H and O–H groups in total. The van der Waals surface area contributed by atoms with Crippen molar-refractivity contribution in [3.63, 3.8) is 0 Å². The third-order valence-corrected chi connectivity index (χ3v) is 2.54. The van der Waals surface area contributed by atoms with Gasteiger partial charge in [0.25, 0.3) is 5.91 Å². The number of aromatic nitrogens is 2. The number of nitrogens with one attached hydrogen (secondary N) is 2. The van der Waals surface area contributed by atoms with Crippen molar-refractivity contribution in [2.75, 3.05) is 0 Å². The minimum Gasteiger partial charge on any atom is -0.475 e. The number of amides is 1. The molecule has 0 aromatic carbocycles. The van der Waals surface area contributed by atoms with Gasteiger partial charge in [0.2, 0.25) is 5.76 Å². The van der Waals surface area contributed by atoms with E-state index in [1.807, 2.05) is 6.92 Å². The van der Waals surface area contributed by atoms with E-state index in [1.54, 1.807) is 6.07 Å². The van der Waals surface area contributed by atoms with E-state index in [9.17, 15) is 9.59 Å². The molecule has 19 heavy (non-hydrogen) atoms. The van der Waals surface area contributed by atoms with Crippen molar-refractivity contribution in [1.82, 2.24) is 15.5 Å². The molecule has 0 saturated carbocycles. The summed E-state index contributed by atoms with van der Waals surface area (Å²) in [6, 6.07) is 4.51. The zero-order valence-corrected chi connectivity index (χ0v) is 10.3. The number of hydrogen-bond donors (Lipinski definition) is 3. The molecule has 7 nitrogen and oxygen atoms in total. The predicted octanol–water partition coefficient (Wildman–Crippen LogP) is 1.19. The highest BCUT2D eigenvalue weighted by atomic mass is 16.4. The minimum atomic E-state index is -1.14. The molecule has 0 radical (unpaired) electrons. The monoisotopic (exact) mass is 263 g/mol. The van der Waals surface area contributed by atoms with Crippen molar-refractivity contribution in [3.05, 3.63) is 41.1 Å². The molecular weight excluding hydrogens is 250 g/mol. The van der Waals surface area contributed by atoms with E-state index in [2.05, 4.69) is 15.5 Å². The summed E-state index contributed by atoms with van der Waals surface area (Å²) >= 11 is 0. The predicted molar refractivity (Wildman–Crippen MR) is 64.8 cm³/mol. The summed E-state index contributed by atoms with van der Waals surface area (Å²) in [5.41, 5.74) is 1.16. The number of furan rings is 1. The molecule has 2 aromatic heterocycles. The molecule has 0 spiro atoms. The molecule has 0 atom stereocenters. The van der Waals surface area contributed by atoms with Gasteiger partial charge in [0.1, 0.15) is 11.5 Å². The number of carboxylic acids is 1. The number of aryl methyl sites for hydroxylation is 1. The fourth-order valence-corrected chi connectivity index (χ4v) is 1.50. The summed E-state index contributed by atoms with van der Waals surface area (Å²) in [5.74, 6) is -1.27. The standard InChI is InChI=1S/C12H13N3O4/c1-2-7-5-9(15-14-7)11(16)13-6-8-3-4-10(19-8)12(17)18/h3-5H,2,6H2,1H3,(H,13,16)(H,14,15)(H,17,18). The number of rotatable bonds is 5. The van der Waals surface area contributed by atoms with Crippen LogP contribution in [0.1, 0.15) is 39.4 Å². The van der Waals surface area contributed by atoms with Crippen molar-refractivity contribution < 1.29 is 19.1 Å². The number of carbonyl (C=O) groups excluding carboxylic acids is 1. The summed E-state index contributed by atoms with van der Waals surface area (Å²) in [6.45, 7) is 2.06. The number of aromatic amines is 1. The second kappa shape index (κ2) is 5.38. The molecule has 0 aliphatic carbocycles. The quantitative estimate of drug-likeness (QED) is 0.751. The second-order valence-corrected chi connectivity index (χ2v) is 3.89. The SMILES string of the molecule is CCc1cc(C(=O)NCc2ccc(C(=O)O)o2)n[nH]1. The van der Waals surface area contributed by atoms with Gasteiger partial charge in [-0.1, -0.05) is 6.92 Å². The molecule has 1 amide bonds. The highest BCUT2D eigenvalue weighted by molar-refractivity contribution is 5.92. The van der Waals surface area contributed by atoms with Crippen molar-refractivity contribution >= 4 is 11.9 Å². The van der Waals surface area contributed by atoms with Gasteiger partial charge in [0.05, 0.1) is 6.54 Å². The normalized spacial score (nSPS) is 10.4. The maximum Gasteiger partial charge on any atom is 0.371 e. The summed E-state index contributed by atoms with van der Waals surface area (Å²) in [6.07, 6.45) is 0.764. The van der Waals surface area contributed by atoms with Gasteiger partial charge in [-0.25, -0.2) is 4.79 Å². The van der Waals surface area contributed by atoms with Crippen LogP contribution in [0.5, 0.6) is 0 Å². The highest BCUT2D eigenvalue weighted by Gasteiger charge is 2.12. The lowest BCUT2D eigenvalue weighted by molar-refractivity contribution is 0.0660. The van der Waals surface area contributed by atoms with E-state index in [4.69, 9.17) is 9.52 Å². The van der Waals surface area contributed by atoms with Crippen LogP contribution < -0.4 is 5.32 Å². The molecule has 0 unspecified atom stereocenters. The smallest absolute Gasteiger partial charge is 0.371 e. The average Bonchev–Trinajstić information content (AvgIpc) is 3.04. The summed E-state index contributed by atoms with van der Waals surface area (Å²) in [7, 11) is 0. The Bertz CT molecular complexity index is 600. The molecular formula is C12H13N3O4. The molecule has 0 saturated heterocycles. The molecule has 2 aromatic rings. The van der Waals surface area contributed by atoms with Gasteiger partial charge in [0.15, 0.2) is 0 Å². The molecule has 100 valence electrons. The Labute approximate surface area is 108 Å². The van der Waals surface area contributed by atoms with E-state index in [0.29, 0.717) is 11.5 Å². The zero-order valence-electron chi connectivity index (χ0n) is 10.3. The fourth-order valence-electron chi connectivity index (χ4n) is 1.50. The van der Waals surface area contributed by atoms with E-state index < -0.39 is 5.97 Å². The van der Waals surface area contributed by atoms with Crippen LogP contribution in [0.15, 0.2) is 22.6 Å². The first kappa shape index (κ1) is 12.9. The Kier molecular flexibility index (Phi) is 3.65. The third-order valence-electron chi connectivity index (χ3n) is 2.54. The number of carbonyl (C=O) groups is 2. The van der Waals surface area contributed by atoms with Crippen LogP contribution >= 0.6 is 0 Å². The number of carboxylic acid groups (broad SMARTS) is 1. The Hall–Kier alpha value is -2.57. The van der Waals surface area contributed by atoms with Crippen molar-refractivity contribution in [1.29, 1.82) is 0 Å². The second-order valence-electron chi connectivity index (χ2n) is 3.89. The molecule has 0 fully saturated rings. The van der Waals surface area contributed by atoms with Gasteiger partial charge in [-0.2, -0.15) is 5.10 Å². The third kappa shape index (κ3) is 3.01. The average molecular weight is 263 g/mol. The van der Waals surface area contributed by atoms with Gasteiger partial charge in [-0.05, 0) is 24.6 Å². The van der Waals surface area contributed by atoms with Gasteiger partial charge < -0.3 is 14.8 Å². The molecule has 2 heterocycles. The lowest BCUT2D eigenvalue weighted by atomic mass is 10.3. The maximum absolute atomic E-state index is 11.7. The Morgan fingerprint density at radius 1 is 1.47 bits per heavy atom. The van der Waals surface area contributed by atoms with E-state index in [1.165, 1.54) is 12.1 Å². The van der Waals surface area contributed by atoms with Gasteiger partial charge >= 0.3 is 5.97 Å². The number of nitrogens with zero attached hydrogens (tertiary/aromatic N) is 1. The van der Waals surface area contributed by atoms with Crippen LogP contribution in [-0.2, 0) is 13.0 Å². The first-order valence-electron chi connectivity index (χ1n) is 5.74. The first-order valence-corrected chi connectivity index (χ1v) is 5.74. The molecule has 7 heteroatoms. The maximum atomic E-state index is 11.7. The molecule has 0 aliphatic heterocycles. The Morgan fingerprint density at radius 3 is 2.84 bits per heavy atom. The van der Waals surface area contributed by atoms with E-state index >= 15 is 0 Å². The van der Waals surface area contributed by atoms with Crippen molar-refractivity contribution in [2.24, 2.45) is 0 Å². The van der Waals surface area contributed by atoms with Crippen LogP contribution in [0.25, 0.3) is 0 Å². The summed E-state index contributed by atoms with van der Waals surface area (Å²) in [4.78, 5) is 22.4. The Morgan fingerprint density at radius 2 is 2.26 bits per heavy atom. The van der Waals surface area contributed by atoms with Crippen LogP contribution in [-0.4, -0.2) is 27.2 Å². The van der Waals surface area contributed by atoms with E-state index in [-0.39, 0.29) is 18.2 Å². The molecule has 0 bridgehead atoms. The lowest BCUT2D eigenvalue weighted by Gasteiger charge is -1.99. The summed E-state index contributed by atoms with van der Waals surface area (Å²) < 4.78 is 5.02. The summed E-state index contributed by atoms with van der Waals surface area (Å²) in [5, 5.41) is 17.9. The van der Waals surface area contributed by atoms with E-state index in [0.717, 1.165) is 12.1 Å². The van der Waals surface area contributed by atoms with Crippen LogP contribution in [0, 0.1) is 0 Å². The Balaban J connectivity index is 1.94. The zero-order chi connectivity index (χ0) is 13.8. The topological polar surface area (TPSA) is 108 Å². The van der Waals surface area contributed by atoms with Crippen molar-refractivity contribution in [3.8, 4) is 0 Å². The number of aromatic carboxylic acids is 1. The van der Waals surface area contributed by atoms with Crippen LogP contribution in [0.4, 0.5) is 0 Å². The van der Waals surface area contributed by atoms with Crippen LogP contribution in [0.2, 0.25) is 0 Å². The van der Waals surface area contributed by atoms with Gasteiger partial charge in [0, 0.05) is 5.69 Å². The number of hydrogen-bond acceptors (Lipinski definition) is 4. The van der Waals surface area contributed by atoms with Crippen LogP contribution in [0.3, 0.4) is 0 Å². The molecule has 0 aliphatic rings. The minimum absolute atomic E-state index is 0.112. The fraction of sp³-hybridized carbons (Fsp3) is 0.250. The van der Waals surface area contributed by atoms with Gasteiger partial charge in [-0.15, -0.1) is 0 Å². The lowest BCUT2D eigenvalue weighted by Crippen LogP contribution is -2.22. The first-order chi connectivity index (χ1) is 9.10. The largest absolute Gasteiger partial charge is 0.475 e.